The molecule has 2 atom stereocenters. The third-order valence-corrected chi connectivity index (χ3v) is 6.67. The van der Waals surface area contributed by atoms with E-state index in [0.29, 0.717) is 18.1 Å². The van der Waals surface area contributed by atoms with Crippen molar-refractivity contribution in [2.45, 2.75) is 32.4 Å². The predicted molar refractivity (Wildman–Crippen MR) is 126 cm³/mol. The highest BCUT2D eigenvalue weighted by Crippen LogP contribution is 2.41. The molecule has 2 N–H and O–H groups in total. The summed E-state index contributed by atoms with van der Waals surface area (Å²) in [6.45, 7) is 4.63. The van der Waals surface area contributed by atoms with E-state index in [1.54, 1.807) is 17.5 Å². The van der Waals surface area contributed by atoms with Gasteiger partial charge in [0.25, 0.3) is 0 Å². The maximum absolute atomic E-state index is 12.6. The van der Waals surface area contributed by atoms with Crippen LogP contribution < -0.4 is 10.6 Å². The van der Waals surface area contributed by atoms with Crippen LogP contribution >= 0.6 is 23.6 Å². The molecule has 0 bridgehead atoms. The van der Waals surface area contributed by atoms with E-state index in [1.807, 2.05) is 49.4 Å². The highest BCUT2D eigenvalue weighted by atomic mass is 32.1. The summed E-state index contributed by atoms with van der Waals surface area (Å²) in [5, 5.41) is 7.10. The monoisotopic (exact) mass is 436 g/mol. The van der Waals surface area contributed by atoms with Crippen LogP contribution in [0.4, 0.5) is 5.69 Å². The molecule has 1 aliphatic heterocycles. The minimum Gasteiger partial charge on any atom is -0.352 e. The number of hydrogen-bond donors (Lipinski definition) is 2. The molecule has 1 amide bonds. The molecule has 1 fully saturated rings. The van der Waals surface area contributed by atoms with Crippen LogP contribution in [0.15, 0.2) is 60.8 Å². The number of thiophene rings is 1. The molecule has 1 saturated heterocycles. The van der Waals surface area contributed by atoms with Crippen molar-refractivity contribution >= 4 is 40.3 Å². The molecule has 30 heavy (non-hydrogen) atoms. The Labute approximate surface area is 186 Å². The molecule has 0 radical (unpaired) electrons. The number of nitrogens with one attached hydrogen (secondary N) is 2. The number of carbonyl (C=O) groups excluding carboxylic acids is 1. The SMILES string of the molecule is Cc1ccc([C@H]2[C@H](c3ccccn3)NC(=S)N2CCC(=O)Nc2ccccc2C)s1. The Balaban J connectivity index is 1.52. The van der Waals surface area contributed by atoms with E-state index in [4.69, 9.17) is 12.2 Å². The molecule has 1 aromatic carbocycles. The summed E-state index contributed by atoms with van der Waals surface area (Å²) in [6.07, 6.45) is 2.15. The Bertz CT molecular complexity index is 1050. The number of para-hydroxylation sites is 1. The highest BCUT2D eigenvalue weighted by Gasteiger charge is 2.40. The number of benzene rings is 1. The summed E-state index contributed by atoms with van der Waals surface area (Å²) in [6, 6.07) is 18.0. The normalized spacial score (nSPS) is 18.3. The largest absolute Gasteiger partial charge is 0.352 e. The molecule has 3 heterocycles. The first-order valence-electron chi connectivity index (χ1n) is 9.93. The lowest BCUT2D eigenvalue weighted by atomic mass is 10.0. The molecule has 0 spiro atoms. The number of thiocarbonyl (C=S) groups is 1. The van der Waals surface area contributed by atoms with E-state index in [1.165, 1.54) is 9.75 Å². The second-order valence-electron chi connectivity index (χ2n) is 7.38. The number of pyridine rings is 1. The smallest absolute Gasteiger partial charge is 0.226 e. The zero-order chi connectivity index (χ0) is 21.1. The van der Waals surface area contributed by atoms with Crippen molar-refractivity contribution in [1.82, 2.24) is 15.2 Å². The summed E-state index contributed by atoms with van der Waals surface area (Å²) in [5.74, 6) is -0.0190. The number of rotatable bonds is 6. The van der Waals surface area contributed by atoms with Crippen molar-refractivity contribution in [3.8, 4) is 0 Å². The molecule has 4 rings (SSSR count). The van der Waals surface area contributed by atoms with Crippen LogP contribution in [0.2, 0.25) is 0 Å². The number of carbonyl (C=O) groups is 1. The van der Waals surface area contributed by atoms with E-state index in [9.17, 15) is 4.79 Å². The molecule has 2 aromatic heterocycles. The fourth-order valence-corrected chi connectivity index (χ4v) is 5.08. The van der Waals surface area contributed by atoms with Gasteiger partial charge in [0.15, 0.2) is 5.11 Å². The molecule has 0 saturated carbocycles. The van der Waals surface area contributed by atoms with Gasteiger partial charge in [-0.1, -0.05) is 24.3 Å². The average molecular weight is 437 g/mol. The zero-order valence-corrected chi connectivity index (χ0v) is 18.6. The molecule has 1 aliphatic rings. The van der Waals surface area contributed by atoms with Crippen molar-refractivity contribution in [2.24, 2.45) is 0 Å². The van der Waals surface area contributed by atoms with Gasteiger partial charge in [-0.15, -0.1) is 11.3 Å². The van der Waals surface area contributed by atoms with Crippen molar-refractivity contribution in [2.75, 3.05) is 11.9 Å². The topological polar surface area (TPSA) is 57.3 Å². The van der Waals surface area contributed by atoms with Crippen molar-refractivity contribution < 1.29 is 4.79 Å². The van der Waals surface area contributed by atoms with Gasteiger partial charge in [0.1, 0.15) is 0 Å². The number of amides is 1. The second-order valence-corrected chi connectivity index (χ2v) is 9.09. The van der Waals surface area contributed by atoms with Crippen molar-refractivity contribution in [3.05, 3.63) is 81.8 Å². The third-order valence-electron chi connectivity index (χ3n) is 5.25. The quantitative estimate of drug-likeness (QED) is 0.546. The summed E-state index contributed by atoms with van der Waals surface area (Å²) >= 11 is 7.42. The Morgan fingerprint density at radius 1 is 1.17 bits per heavy atom. The van der Waals surface area contributed by atoms with Crippen molar-refractivity contribution in [1.29, 1.82) is 0 Å². The highest BCUT2D eigenvalue weighted by molar-refractivity contribution is 7.80. The van der Waals surface area contributed by atoms with Crippen LogP contribution in [0, 0.1) is 13.8 Å². The van der Waals surface area contributed by atoms with Gasteiger partial charge < -0.3 is 15.5 Å². The molecule has 5 nitrogen and oxygen atoms in total. The number of nitrogens with zero attached hydrogens (tertiary/aromatic N) is 2. The molecular weight excluding hydrogens is 412 g/mol. The second kappa shape index (κ2) is 8.93. The molecule has 0 unspecified atom stereocenters. The first-order valence-corrected chi connectivity index (χ1v) is 11.2. The Kier molecular flexibility index (Phi) is 6.11. The first-order chi connectivity index (χ1) is 14.5. The molecule has 0 aliphatic carbocycles. The van der Waals surface area contributed by atoms with Gasteiger partial charge >= 0.3 is 0 Å². The molecule has 7 heteroatoms. The number of aromatic nitrogens is 1. The van der Waals surface area contributed by atoms with Gasteiger partial charge in [0.05, 0.1) is 17.8 Å². The Hall–Kier alpha value is -2.77. The van der Waals surface area contributed by atoms with Crippen LogP contribution in [-0.2, 0) is 4.79 Å². The van der Waals surface area contributed by atoms with Gasteiger partial charge in [-0.25, -0.2) is 0 Å². The third kappa shape index (κ3) is 4.37. The number of hydrogen-bond acceptors (Lipinski definition) is 4. The standard InChI is InChI=1S/C23H24N4OS2/c1-15-7-3-4-8-17(15)25-20(28)12-14-27-22(19-11-10-16(2)30-19)21(26-23(27)29)18-9-5-6-13-24-18/h3-11,13,21-22H,12,14H2,1-2H3,(H,25,28)(H,26,29)/t21-,22-/m0/s1. The maximum Gasteiger partial charge on any atom is 0.226 e. The van der Waals surface area contributed by atoms with Crippen LogP contribution in [0.3, 0.4) is 0 Å². The lowest BCUT2D eigenvalue weighted by molar-refractivity contribution is -0.116. The fourth-order valence-electron chi connectivity index (χ4n) is 3.72. The molecular formula is C23H24N4OS2. The van der Waals surface area contributed by atoms with Crippen molar-refractivity contribution in [3.63, 3.8) is 0 Å². The maximum atomic E-state index is 12.6. The van der Waals surface area contributed by atoms with Crippen LogP contribution in [0.25, 0.3) is 0 Å². The Morgan fingerprint density at radius 3 is 2.67 bits per heavy atom. The van der Waals surface area contributed by atoms with Crippen LogP contribution in [-0.4, -0.2) is 27.4 Å². The van der Waals surface area contributed by atoms with E-state index in [2.05, 4.69) is 39.6 Å². The minimum atomic E-state index is -0.0452. The van der Waals surface area contributed by atoms with Crippen LogP contribution in [0.5, 0.6) is 0 Å². The Morgan fingerprint density at radius 2 is 1.97 bits per heavy atom. The van der Waals surface area contributed by atoms with Gasteiger partial charge in [-0.3, -0.25) is 9.78 Å². The van der Waals surface area contributed by atoms with E-state index in [-0.39, 0.29) is 18.0 Å². The number of anilines is 1. The van der Waals surface area contributed by atoms with E-state index < -0.39 is 0 Å². The van der Waals surface area contributed by atoms with Gasteiger partial charge in [-0.05, 0) is 62.0 Å². The zero-order valence-electron chi connectivity index (χ0n) is 17.0. The lowest BCUT2D eigenvalue weighted by Gasteiger charge is -2.26. The molecule has 154 valence electrons. The fraction of sp³-hybridized carbons (Fsp3) is 0.261. The van der Waals surface area contributed by atoms with E-state index in [0.717, 1.165) is 16.9 Å². The minimum absolute atomic E-state index is 0.0114. The molecule has 3 aromatic rings. The first kappa shape index (κ1) is 20.5. The predicted octanol–water partition coefficient (Wildman–Crippen LogP) is 4.76. The van der Waals surface area contributed by atoms with E-state index >= 15 is 0 Å². The van der Waals surface area contributed by atoms with Gasteiger partial charge in [0, 0.05) is 34.6 Å². The number of aryl methyl sites for hydroxylation is 2. The summed E-state index contributed by atoms with van der Waals surface area (Å²) in [4.78, 5) is 21.8. The van der Waals surface area contributed by atoms with Gasteiger partial charge in [-0.2, -0.15) is 0 Å². The lowest BCUT2D eigenvalue weighted by Crippen LogP contribution is -2.32. The summed E-state index contributed by atoms with van der Waals surface area (Å²) < 4.78 is 0. The average Bonchev–Trinajstić information content (AvgIpc) is 3.31. The van der Waals surface area contributed by atoms with Gasteiger partial charge in [0.2, 0.25) is 5.91 Å². The summed E-state index contributed by atoms with van der Waals surface area (Å²) in [5.41, 5.74) is 2.84. The van der Waals surface area contributed by atoms with Crippen LogP contribution in [0.1, 0.15) is 39.5 Å². The summed E-state index contributed by atoms with van der Waals surface area (Å²) in [7, 11) is 0.